The van der Waals surface area contributed by atoms with E-state index in [-0.39, 0.29) is 6.04 Å². The van der Waals surface area contributed by atoms with Crippen LogP contribution in [0.4, 0.5) is 0 Å². The van der Waals surface area contributed by atoms with Gasteiger partial charge in [0, 0.05) is 20.1 Å². The molecule has 1 N–H and O–H groups in total. The van der Waals surface area contributed by atoms with E-state index in [9.17, 15) is 8.42 Å². The molecule has 1 aromatic rings. The minimum atomic E-state index is -3.38. The fourth-order valence-corrected chi connectivity index (χ4v) is 2.25. The van der Waals surface area contributed by atoms with Gasteiger partial charge in [-0.2, -0.15) is 17.4 Å². The molecule has 16 heavy (non-hydrogen) atoms. The van der Waals surface area contributed by atoms with Crippen LogP contribution >= 0.6 is 0 Å². The lowest BCUT2D eigenvalue weighted by atomic mass is 10.0. The van der Waals surface area contributed by atoms with E-state index in [2.05, 4.69) is 4.72 Å². The number of hydrogen-bond acceptors (Lipinski definition) is 2. The van der Waals surface area contributed by atoms with Gasteiger partial charge in [0.2, 0.25) is 0 Å². The first kappa shape index (κ1) is 13.2. The van der Waals surface area contributed by atoms with E-state index < -0.39 is 10.2 Å². The fraction of sp³-hybridized carbons (Fsp3) is 0.455. The Morgan fingerprint density at radius 3 is 2.31 bits per heavy atom. The summed E-state index contributed by atoms with van der Waals surface area (Å²) >= 11 is 0. The van der Waals surface area contributed by atoms with Crippen LogP contribution in [0.2, 0.25) is 0 Å². The van der Waals surface area contributed by atoms with Crippen molar-refractivity contribution in [1.82, 2.24) is 9.03 Å². The molecule has 1 aromatic carbocycles. The second-order valence-corrected chi connectivity index (χ2v) is 5.90. The Balaban J connectivity index is 2.89. The molecule has 1 unspecified atom stereocenters. The van der Waals surface area contributed by atoms with Crippen molar-refractivity contribution in [2.45, 2.75) is 19.9 Å². The normalized spacial score (nSPS) is 14.1. The van der Waals surface area contributed by atoms with Crippen LogP contribution in [0.1, 0.15) is 24.1 Å². The molecule has 0 aromatic heterocycles. The number of nitrogens with one attached hydrogen (secondary N) is 1. The van der Waals surface area contributed by atoms with E-state index in [1.54, 1.807) is 0 Å². The highest BCUT2D eigenvalue weighted by Gasteiger charge is 2.18. The summed E-state index contributed by atoms with van der Waals surface area (Å²) in [6.07, 6.45) is 0. The van der Waals surface area contributed by atoms with Gasteiger partial charge in [-0.1, -0.05) is 24.3 Å². The zero-order valence-corrected chi connectivity index (χ0v) is 10.9. The summed E-state index contributed by atoms with van der Waals surface area (Å²) in [4.78, 5) is 0. The molecule has 0 aliphatic rings. The van der Waals surface area contributed by atoms with Crippen molar-refractivity contribution in [3.8, 4) is 0 Å². The molecule has 0 heterocycles. The zero-order valence-electron chi connectivity index (χ0n) is 10.1. The summed E-state index contributed by atoms with van der Waals surface area (Å²) in [6.45, 7) is 3.80. The van der Waals surface area contributed by atoms with E-state index in [1.165, 1.54) is 18.4 Å². The minimum absolute atomic E-state index is 0.228. The first-order chi connectivity index (χ1) is 7.34. The Bertz CT molecular complexity index is 455. The van der Waals surface area contributed by atoms with Crippen molar-refractivity contribution in [3.63, 3.8) is 0 Å². The molecular weight excluding hydrogens is 224 g/mol. The number of hydrogen-bond donors (Lipinski definition) is 1. The van der Waals surface area contributed by atoms with Gasteiger partial charge in [-0.05, 0) is 25.0 Å². The second kappa shape index (κ2) is 4.95. The maximum atomic E-state index is 11.6. The minimum Gasteiger partial charge on any atom is -0.195 e. The van der Waals surface area contributed by atoms with Crippen molar-refractivity contribution < 1.29 is 8.42 Å². The Morgan fingerprint density at radius 2 is 1.81 bits per heavy atom. The highest BCUT2D eigenvalue weighted by Crippen LogP contribution is 2.17. The Kier molecular flexibility index (Phi) is 4.07. The summed E-state index contributed by atoms with van der Waals surface area (Å²) in [6, 6.07) is 7.51. The van der Waals surface area contributed by atoms with Crippen molar-refractivity contribution in [1.29, 1.82) is 0 Å². The van der Waals surface area contributed by atoms with Crippen LogP contribution < -0.4 is 4.72 Å². The molecular formula is C11H18N2O2S. The van der Waals surface area contributed by atoms with Gasteiger partial charge in [0.05, 0.1) is 0 Å². The van der Waals surface area contributed by atoms with Crippen LogP contribution in [0.5, 0.6) is 0 Å². The highest BCUT2D eigenvalue weighted by atomic mass is 32.2. The van der Waals surface area contributed by atoms with Crippen molar-refractivity contribution in [2.24, 2.45) is 0 Å². The number of nitrogens with zero attached hydrogens (tertiary/aromatic N) is 1. The predicted molar refractivity (Wildman–Crippen MR) is 65.3 cm³/mol. The molecule has 0 radical (unpaired) electrons. The molecule has 5 heteroatoms. The van der Waals surface area contributed by atoms with Gasteiger partial charge in [0.25, 0.3) is 10.2 Å². The Hall–Kier alpha value is -0.910. The fourth-order valence-electron chi connectivity index (χ4n) is 1.46. The van der Waals surface area contributed by atoms with Crippen molar-refractivity contribution in [3.05, 3.63) is 35.4 Å². The highest BCUT2D eigenvalue weighted by molar-refractivity contribution is 7.87. The second-order valence-electron chi connectivity index (χ2n) is 3.98. The van der Waals surface area contributed by atoms with Crippen LogP contribution in [0.3, 0.4) is 0 Å². The average Bonchev–Trinajstić information content (AvgIpc) is 2.17. The summed E-state index contributed by atoms with van der Waals surface area (Å²) in [5.41, 5.74) is 2.07. The molecule has 0 aliphatic heterocycles. The van der Waals surface area contributed by atoms with Crippen LogP contribution in [-0.2, 0) is 10.2 Å². The quantitative estimate of drug-likeness (QED) is 0.869. The molecule has 4 nitrogen and oxygen atoms in total. The number of rotatable bonds is 4. The molecule has 0 fully saturated rings. The largest absolute Gasteiger partial charge is 0.279 e. The van der Waals surface area contributed by atoms with Gasteiger partial charge >= 0.3 is 0 Å². The summed E-state index contributed by atoms with van der Waals surface area (Å²) < 4.78 is 27.1. The third kappa shape index (κ3) is 3.04. The van der Waals surface area contributed by atoms with Crippen LogP contribution in [0, 0.1) is 6.92 Å². The molecule has 1 rings (SSSR count). The Labute approximate surface area is 97.5 Å². The SMILES string of the molecule is Cc1ccccc1C(C)NS(=O)(=O)N(C)C. The van der Waals surface area contributed by atoms with Crippen molar-refractivity contribution in [2.75, 3.05) is 14.1 Å². The third-order valence-corrected chi connectivity index (χ3v) is 4.07. The maximum absolute atomic E-state index is 11.6. The molecule has 0 saturated carbocycles. The van der Waals surface area contributed by atoms with Gasteiger partial charge in [-0.3, -0.25) is 0 Å². The van der Waals surface area contributed by atoms with E-state index in [0.29, 0.717) is 0 Å². The van der Waals surface area contributed by atoms with Crippen LogP contribution in [0.25, 0.3) is 0 Å². The molecule has 0 spiro atoms. The molecule has 0 bridgehead atoms. The number of benzene rings is 1. The van der Waals surface area contributed by atoms with Gasteiger partial charge in [-0.25, -0.2) is 0 Å². The summed E-state index contributed by atoms with van der Waals surface area (Å²) in [7, 11) is -0.365. The van der Waals surface area contributed by atoms with E-state index >= 15 is 0 Å². The van der Waals surface area contributed by atoms with Crippen LogP contribution in [0.15, 0.2) is 24.3 Å². The van der Waals surface area contributed by atoms with Gasteiger partial charge in [0.1, 0.15) is 0 Å². The molecule has 0 saturated heterocycles. The van der Waals surface area contributed by atoms with Crippen LogP contribution in [-0.4, -0.2) is 26.8 Å². The maximum Gasteiger partial charge on any atom is 0.279 e. The van der Waals surface area contributed by atoms with Gasteiger partial charge in [0.15, 0.2) is 0 Å². The standard InChI is InChI=1S/C11H18N2O2S/c1-9-7-5-6-8-11(9)10(2)12-16(14,15)13(3)4/h5-8,10,12H,1-4H3. The summed E-state index contributed by atoms with van der Waals surface area (Å²) in [5.74, 6) is 0. The topological polar surface area (TPSA) is 49.4 Å². The third-order valence-electron chi connectivity index (χ3n) is 2.46. The number of aryl methyl sites for hydroxylation is 1. The monoisotopic (exact) mass is 242 g/mol. The smallest absolute Gasteiger partial charge is 0.195 e. The van der Waals surface area contributed by atoms with Crippen molar-refractivity contribution >= 4 is 10.2 Å². The van der Waals surface area contributed by atoms with Gasteiger partial charge in [-0.15, -0.1) is 0 Å². The lowest BCUT2D eigenvalue weighted by molar-refractivity contribution is 0.494. The zero-order chi connectivity index (χ0) is 12.3. The van der Waals surface area contributed by atoms with E-state index in [1.807, 2.05) is 38.1 Å². The average molecular weight is 242 g/mol. The Morgan fingerprint density at radius 1 is 1.25 bits per heavy atom. The molecule has 90 valence electrons. The van der Waals surface area contributed by atoms with E-state index in [0.717, 1.165) is 11.1 Å². The molecule has 1 atom stereocenters. The molecule has 0 amide bonds. The lowest BCUT2D eigenvalue weighted by Crippen LogP contribution is -2.37. The first-order valence-electron chi connectivity index (χ1n) is 5.10. The lowest BCUT2D eigenvalue weighted by Gasteiger charge is -2.19. The first-order valence-corrected chi connectivity index (χ1v) is 6.54. The summed E-state index contributed by atoms with van der Waals surface area (Å²) in [5, 5.41) is 0. The van der Waals surface area contributed by atoms with Gasteiger partial charge < -0.3 is 0 Å². The molecule has 0 aliphatic carbocycles. The predicted octanol–water partition coefficient (Wildman–Crippen LogP) is 1.45. The van der Waals surface area contributed by atoms with E-state index in [4.69, 9.17) is 0 Å².